The highest BCUT2D eigenvalue weighted by Gasteiger charge is 2.25. The summed E-state index contributed by atoms with van der Waals surface area (Å²) in [4.78, 5) is 33.8. The van der Waals surface area contributed by atoms with Crippen LogP contribution in [0.25, 0.3) is 11.4 Å². The summed E-state index contributed by atoms with van der Waals surface area (Å²) in [6.45, 7) is 1.30. The Morgan fingerprint density at radius 3 is 2.56 bits per heavy atom. The van der Waals surface area contributed by atoms with Gasteiger partial charge in [-0.05, 0) is 25.2 Å². The molecule has 1 aromatic carbocycles. The Labute approximate surface area is 146 Å². The van der Waals surface area contributed by atoms with E-state index >= 15 is 0 Å². The Morgan fingerprint density at radius 2 is 1.88 bits per heavy atom. The van der Waals surface area contributed by atoms with Gasteiger partial charge in [0.2, 0.25) is 0 Å². The van der Waals surface area contributed by atoms with Crippen molar-refractivity contribution in [3.8, 4) is 11.4 Å². The van der Waals surface area contributed by atoms with Gasteiger partial charge < -0.3 is 10.0 Å². The Morgan fingerprint density at radius 1 is 1.16 bits per heavy atom. The molecule has 25 heavy (non-hydrogen) atoms. The van der Waals surface area contributed by atoms with E-state index in [0.717, 1.165) is 18.4 Å². The van der Waals surface area contributed by atoms with E-state index < -0.39 is 5.97 Å². The molecule has 3 rings (SSSR count). The number of amides is 1. The van der Waals surface area contributed by atoms with Crippen molar-refractivity contribution in [1.29, 1.82) is 0 Å². The number of carboxylic acid groups (broad SMARTS) is 1. The van der Waals surface area contributed by atoms with E-state index in [1.54, 1.807) is 17.3 Å². The molecule has 1 aromatic heterocycles. The summed E-state index contributed by atoms with van der Waals surface area (Å²) in [5.74, 6) is -0.0265. The van der Waals surface area contributed by atoms with Crippen LogP contribution in [0.15, 0.2) is 42.7 Å². The second kappa shape index (κ2) is 7.88. The maximum absolute atomic E-state index is 12.7. The maximum atomic E-state index is 12.7. The summed E-state index contributed by atoms with van der Waals surface area (Å²) in [6.07, 6.45) is 5.78. The molecule has 2 heterocycles. The monoisotopic (exact) mass is 339 g/mol. The first-order chi connectivity index (χ1) is 12.1. The first-order valence-corrected chi connectivity index (χ1v) is 8.52. The zero-order valence-electron chi connectivity index (χ0n) is 14.0. The standard InChI is InChI=1S/C19H21N3O3/c23-17(24)9-8-14-5-4-10-22(13-14)19(25)16-11-20-18(21-12-16)15-6-2-1-3-7-15/h1-3,6-7,11-12,14H,4-5,8-10,13H2,(H,23,24)/t14-/m1/s1. The molecule has 0 aliphatic carbocycles. The van der Waals surface area contributed by atoms with Crippen molar-refractivity contribution < 1.29 is 14.7 Å². The summed E-state index contributed by atoms with van der Waals surface area (Å²) in [7, 11) is 0. The van der Waals surface area contributed by atoms with Crippen LogP contribution < -0.4 is 0 Å². The van der Waals surface area contributed by atoms with Gasteiger partial charge in [0.25, 0.3) is 5.91 Å². The minimum atomic E-state index is -0.784. The van der Waals surface area contributed by atoms with Crippen LogP contribution in [-0.4, -0.2) is 44.9 Å². The first-order valence-electron chi connectivity index (χ1n) is 8.52. The molecule has 1 fully saturated rings. The average molecular weight is 339 g/mol. The Bertz CT molecular complexity index is 731. The topological polar surface area (TPSA) is 83.4 Å². The number of likely N-dealkylation sites (tertiary alicyclic amines) is 1. The van der Waals surface area contributed by atoms with Gasteiger partial charge in [0.05, 0.1) is 5.56 Å². The fourth-order valence-corrected chi connectivity index (χ4v) is 3.17. The SMILES string of the molecule is O=C(O)CC[C@H]1CCCN(C(=O)c2cnc(-c3ccccc3)nc2)C1. The molecule has 1 aliphatic heterocycles. The molecule has 0 radical (unpaired) electrons. The Hall–Kier alpha value is -2.76. The molecular formula is C19H21N3O3. The van der Waals surface area contributed by atoms with Crippen molar-refractivity contribution in [1.82, 2.24) is 14.9 Å². The molecule has 1 atom stereocenters. The zero-order chi connectivity index (χ0) is 17.6. The number of benzene rings is 1. The van der Waals surface area contributed by atoms with Crippen LogP contribution >= 0.6 is 0 Å². The minimum absolute atomic E-state index is 0.0837. The molecule has 0 bridgehead atoms. The van der Waals surface area contributed by atoms with Gasteiger partial charge in [-0.3, -0.25) is 9.59 Å². The number of rotatable bonds is 5. The van der Waals surface area contributed by atoms with Gasteiger partial charge in [-0.2, -0.15) is 0 Å². The van der Waals surface area contributed by atoms with E-state index in [0.29, 0.717) is 30.9 Å². The lowest BCUT2D eigenvalue weighted by Gasteiger charge is -2.32. The minimum Gasteiger partial charge on any atom is -0.481 e. The quantitative estimate of drug-likeness (QED) is 0.905. The second-order valence-corrected chi connectivity index (χ2v) is 6.35. The van der Waals surface area contributed by atoms with Gasteiger partial charge in [0, 0.05) is 37.5 Å². The molecule has 0 unspecified atom stereocenters. The van der Waals surface area contributed by atoms with Crippen LogP contribution in [-0.2, 0) is 4.79 Å². The van der Waals surface area contributed by atoms with Crippen LogP contribution in [0.3, 0.4) is 0 Å². The van der Waals surface area contributed by atoms with E-state index in [9.17, 15) is 9.59 Å². The number of carboxylic acids is 1. The van der Waals surface area contributed by atoms with Gasteiger partial charge in [-0.1, -0.05) is 30.3 Å². The Balaban J connectivity index is 1.65. The maximum Gasteiger partial charge on any atom is 0.303 e. The summed E-state index contributed by atoms with van der Waals surface area (Å²) in [6, 6.07) is 9.62. The predicted molar refractivity (Wildman–Crippen MR) is 93.0 cm³/mol. The molecular weight excluding hydrogens is 318 g/mol. The normalized spacial score (nSPS) is 17.3. The van der Waals surface area contributed by atoms with E-state index in [4.69, 9.17) is 5.11 Å². The summed E-state index contributed by atoms with van der Waals surface area (Å²) in [5, 5.41) is 8.82. The van der Waals surface area contributed by atoms with Gasteiger partial charge in [-0.25, -0.2) is 9.97 Å². The second-order valence-electron chi connectivity index (χ2n) is 6.35. The van der Waals surface area contributed by atoms with Crippen LogP contribution in [0.1, 0.15) is 36.0 Å². The number of carbonyl (C=O) groups excluding carboxylic acids is 1. The van der Waals surface area contributed by atoms with Crippen LogP contribution in [0.4, 0.5) is 0 Å². The van der Waals surface area contributed by atoms with Crippen LogP contribution in [0, 0.1) is 5.92 Å². The number of aliphatic carboxylic acids is 1. The number of aromatic nitrogens is 2. The van der Waals surface area contributed by atoms with E-state index in [1.807, 2.05) is 30.3 Å². The first kappa shape index (κ1) is 17.1. The van der Waals surface area contributed by atoms with Crippen molar-refractivity contribution in [2.24, 2.45) is 5.92 Å². The largest absolute Gasteiger partial charge is 0.481 e. The van der Waals surface area contributed by atoms with Crippen LogP contribution in [0.2, 0.25) is 0 Å². The van der Waals surface area contributed by atoms with E-state index in [1.165, 1.54) is 0 Å². The van der Waals surface area contributed by atoms with Crippen molar-refractivity contribution in [3.05, 3.63) is 48.3 Å². The molecule has 1 saturated heterocycles. The van der Waals surface area contributed by atoms with Crippen molar-refractivity contribution in [2.75, 3.05) is 13.1 Å². The van der Waals surface area contributed by atoms with Gasteiger partial charge in [-0.15, -0.1) is 0 Å². The van der Waals surface area contributed by atoms with Crippen molar-refractivity contribution >= 4 is 11.9 Å². The molecule has 0 spiro atoms. The molecule has 6 nitrogen and oxygen atoms in total. The fourth-order valence-electron chi connectivity index (χ4n) is 3.17. The zero-order valence-corrected chi connectivity index (χ0v) is 14.0. The third-order valence-corrected chi connectivity index (χ3v) is 4.50. The van der Waals surface area contributed by atoms with Crippen LogP contribution in [0.5, 0.6) is 0 Å². The molecule has 2 aromatic rings. The predicted octanol–water partition coefficient (Wildman–Crippen LogP) is 2.86. The lowest BCUT2D eigenvalue weighted by atomic mass is 9.93. The number of nitrogens with zero attached hydrogens (tertiary/aromatic N) is 3. The van der Waals surface area contributed by atoms with Gasteiger partial charge in [0.15, 0.2) is 5.82 Å². The number of hydrogen-bond acceptors (Lipinski definition) is 4. The average Bonchev–Trinajstić information content (AvgIpc) is 2.67. The lowest BCUT2D eigenvalue weighted by molar-refractivity contribution is -0.137. The number of piperidine rings is 1. The molecule has 6 heteroatoms. The van der Waals surface area contributed by atoms with Gasteiger partial charge in [0.1, 0.15) is 0 Å². The third-order valence-electron chi connectivity index (χ3n) is 4.50. The van der Waals surface area contributed by atoms with E-state index in [2.05, 4.69) is 9.97 Å². The summed E-state index contributed by atoms with van der Waals surface area (Å²) in [5.41, 5.74) is 1.38. The molecule has 130 valence electrons. The molecule has 1 aliphatic rings. The number of carbonyl (C=O) groups is 2. The smallest absolute Gasteiger partial charge is 0.303 e. The summed E-state index contributed by atoms with van der Waals surface area (Å²) < 4.78 is 0. The highest BCUT2D eigenvalue weighted by molar-refractivity contribution is 5.93. The third kappa shape index (κ3) is 4.41. The fraction of sp³-hybridized carbons (Fsp3) is 0.368. The van der Waals surface area contributed by atoms with E-state index in [-0.39, 0.29) is 18.2 Å². The number of hydrogen-bond donors (Lipinski definition) is 1. The molecule has 0 saturated carbocycles. The van der Waals surface area contributed by atoms with Crippen molar-refractivity contribution in [3.63, 3.8) is 0 Å². The summed E-state index contributed by atoms with van der Waals surface area (Å²) >= 11 is 0. The van der Waals surface area contributed by atoms with Crippen molar-refractivity contribution in [2.45, 2.75) is 25.7 Å². The molecule has 1 N–H and O–H groups in total. The Kier molecular flexibility index (Phi) is 5.38. The lowest BCUT2D eigenvalue weighted by Crippen LogP contribution is -2.40. The van der Waals surface area contributed by atoms with Gasteiger partial charge >= 0.3 is 5.97 Å². The highest BCUT2D eigenvalue weighted by Crippen LogP contribution is 2.22. The highest BCUT2D eigenvalue weighted by atomic mass is 16.4. The molecule has 1 amide bonds.